The number of carbonyl (C=O) groups is 1. The van der Waals surface area contributed by atoms with Crippen molar-refractivity contribution in [3.63, 3.8) is 0 Å². The molecule has 1 aliphatic heterocycles. The van der Waals surface area contributed by atoms with Crippen molar-refractivity contribution in [2.24, 2.45) is 5.92 Å². The Kier molecular flexibility index (Phi) is 4.20. The molecule has 0 amide bonds. The Bertz CT molecular complexity index is 659. The number of rotatable bonds is 4. The van der Waals surface area contributed by atoms with Crippen molar-refractivity contribution < 1.29 is 14.3 Å². The number of carboxylic acid groups (broad SMARTS) is 1. The summed E-state index contributed by atoms with van der Waals surface area (Å²) in [6.07, 6.45) is 0. The van der Waals surface area contributed by atoms with E-state index in [1.165, 1.54) is 6.07 Å². The highest BCUT2D eigenvalue weighted by molar-refractivity contribution is 5.72. The summed E-state index contributed by atoms with van der Waals surface area (Å²) in [5.41, 5.74) is 1.64. The number of hydrogen-bond donors (Lipinski definition) is 1. The molecular formula is C18H18FNO2. The monoisotopic (exact) mass is 299 g/mol. The fourth-order valence-electron chi connectivity index (χ4n) is 3.20. The molecule has 1 heterocycles. The van der Waals surface area contributed by atoms with Gasteiger partial charge in [0.2, 0.25) is 0 Å². The van der Waals surface area contributed by atoms with Crippen molar-refractivity contribution in [2.75, 3.05) is 13.1 Å². The van der Waals surface area contributed by atoms with Crippen molar-refractivity contribution in [3.05, 3.63) is 71.5 Å². The van der Waals surface area contributed by atoms with E-state index in [9.17, 15) is 14.3 Å². The number of aliphatic carboxylic acids is 1. The van der Waals surface area contributed by atoms with Crippen LogP contribution in [0.3, 0.4) is 0 Å². The van der Waals surface area contributed by atoms with Gasteiger partial charge in [-0.15, -0.1) is 0 Å². The van der Waals surface area contributed by atoms with Gasteiger partial charge in [-0.3, -0.25) is 9.69 Å². The Balaban J connectivity index is 1.81. The number of hydrogen-bond acceptors (Lipinski definition) is 2. The van der Waals surface area contributed by atoms with Crippen molar-refractivity contribution in [1.82, 2.24) is 4.90 Å². The minimum atomic E-state index is -0.858. The summed E-state index contributed by atoms with van der Waals surface area (Å²) in [6, 6.07) is 16.4. The molecule has 0 spiro atoms. The lowest BCUT2D eigenvalue weighted by atomic mass is 9.89. The molecule has 4 heteroatoms. The average molecular weight is 299 g/mol. The van der Waals surface area contributed by atoms with Gasteiger partial charge in [0.05, 0.1) is 5.92 Å². The molecular weight excluding hydrogens is 281 g/mol. The summed E-state index contributed by atoms with van der Waals surface area (Å²) in [5.74, 6) is -2.05. The Morgan fingerprint density at radius 2 is 1.77 bits per heavy atom. The van der Waals surface area contributed by atoms with Crippen LogP contribution in [0.4, 0.5) is 4.39 Å². The first-order valence-electron chi connectivity index (χ1n) is 7.38. The van der Waals surface area contributed by atoms with Gasteiger partial charge < -0.3 is 5.11 Å². The van der Waals surface area contributed by atoms with Gasteiger partial charge in [-0.1, -0.05) is 48.5 Å². The number of benzene rings is 2. The van der Waals surface area contributed by atoms with Crippen molar-refractivity contribution in [3.8, 4) is 0 Å². The van der Waals surface area contributed by atoms with Crippen molar-refractivity contribution >= 4 is 5.97 Å². The smallest absolute Gasteiger partial charge is 0.308 e. The van der Waals surface area contributed by atoms with Gasteiger partial charge in [-0.05, 0) is 17.2 Å². The summed E-state index contributed by atoms with van der Waals surface area (Å²) in [7, 11) is 0. The third-order valence-corrected chi connectivity index (χ3v) is 4.27. The lowest BCUT2D eigenvalue weighted by Gasteiger charge is -2.16. The molecule has 1 saturated heterocycles. The van der Waals surface area contributed by atoms with Crippen LogP contribution in [0.1, 0.15) is 17.0 Å². The van der Waals surface area contributed by atoms with E-state index < -0.39 is 11.9 Å². The summed E-state index contributed by atoms with van der Waals surface area (Å²) in [5, 5.41) is 9.47. The zero-order valence-corrected chi connectivity index (χ0v) is 12.2. The van der Waals surface area contributed by atoms with Crippen LogP contribution >= 0.6 is 0 Å². The number of nitrogens with zero attached hydrogens (tertiary/aromatic N) is 1. The molecule has 2 aromatic rings. The second-order valence-electron chi connectivity index (χ2n) is 5.75. The van der Waals surface area contributed by atoms with Crippen LogP contribution in [-0.2, 0) is 11.3 Å². The predicted octanol–water partition coefficient (Wildman–Crippen LogP) is 3.13. The normalized spacial score (nSPS) is 21.9. The quantitative estimate of drug-likeness (QED) is 0.943. The van der Waals surface area contributed by atoms with E-state index in [-0.39, 0.29) is 11.7 Å². The molecule has 1 N–H and O–H groups in total. The Hall–Kier alpha value is -2.20. The van der Waals surface area contributed by atoms with Crippen LogP contribution in [0.25, 0.3) is 0 Å². The maximum absolute atomic E-state index is 14.0. The van der Waals surface area contributed by atoms with Crippen LogP contribution in [-0.4, -0.2) is 29.1 Å². The van der Waals surface area contributed by atoms with Gasteiger partial charge in [0.25, 0.3) is 0 Å². The van der Waals surface area contributed by atoms with Crippen LogP contribution in [0, 0.1) is 11.7 Å². The van der Waals surface area contributed by atoms with Crippen molar-refractivity contribution in [2.45, 2.75) is 12.5 Å². The number of halogens is 1. The first-order chi connectivity index (χ1) is 10.6. The molecule has 0 radical (unpaired) electrons. The van der Waals surface area contributed by atoms with Gasteiger partial charge in [-0.25, -0.2) is 4.39 Å². The van der Waals surface area contributed by atoms with Crippen LogP contribution in [0.2, 0.25) is 0 Å². The zero-order valence-electron chi connectivity index (χ0n) is 12.2. The molecule has 0 saturated carbocycles. The molecule has 0 unspecified atom stereocenters. The molecule has 2 aromatic carbocycles. The third-order valence-electron chi connectivity index (χ3n) is 4.27. The Morgan fingerprint density at radius 3 is 2.45 bits per heavy atom. The van der Waals surface area contributed by atoms with E-state index >= 15 is 0 Å². The summed E-state index contributed by atoms with van der Waals surface area (Å²) in [4.78, 5) is 13.6. The van der Waals surface area contributed by atoms with Gasteiger partial charge in [0.1, 0.15) is 5.82 Å². The van der Waals surface area contributed by atoms with E-state index in [1.807, 2.05) is 30.3 Å². The molecule has 114 valence electrons. The summed E-state index contributed by atoms with van der Waals surface area (Å²) >= 11 is 0. The highest BCUT2D eigenvalue weighted by Crippen LogP contribution is 2.34. The summed E-state index contributed by atoms with van der Waals surface area (Å²) < 4.78 is 14.0. The largest absolute Gasteiger partial charge is 0.481 e. The Morgan fingerprint density at radius 1 is 1.09 bits per heavy atom. The van der Waals surface area contributed by atoms with Gasteiger partial charge >= 0.3 is 5.97 Å². The molecule has 2 atom stereocenters. The van der Waals surface area contributed by atoms with Crippen LogP contribution < -0.4 is 0 Å². The molecule has 3 rings (SSSR count). The first-order valence-corrected chi connectivity index (χ1v) is 7.38. The standard InChI is InChI=1S/C18H18FNO2/c19-17-9-5-4-8-14(17)15-11-20(12-16(15)18(21)22)10-13-6-2-1-3-7-13/h1-9,15-16H,10-12H2,(H,21,22)/t15-,16-/m0/s1. The lowest BCUT2D eigenvalue weighted by Crippen LogP contribution is -2.23. The predicted molar refractivity (Wildman–Crippen MR) is 82.0 cm³/mol. The average Bonchev–Trinajstić information content (AvgIpc) is 2.92. The number of likely N-dealkylation sites (tertiary alicyclic amines) is 1. The highest BCUT2D eigenvalue weighted by atomic mass is 19.1. The van der Waals surface area contributed by atoms with Crippen LogP contribution in [0.5, 0.6) is 0 Å². The van der Waals surface area contributed by atoms with Gasteiger partial charge in [0, 0.05) is 25.6 Å². The fourth-order valence-corrected chi connectivity index (χ4v) is 3.20. The maximum atomic E-state index is 14.0. The van der Waals surface area contributed by atoms with Crippen LogP contribution in [0.15, 0.2) is 54.6 Å². The van der Waals surface area contributed by atoms with Crippen molar-refractivity contribution in [1.29, 1.82) is 0 Å². The third kappa shape index (κ3) is 3.02. The van der Waals surface area contributed by atoms with E-state index in [2.05, 4.69) is 4.90 Å². The molecule has 0 bridgehead atoms. The van der Waals surface area contributed by atoms with E-state index in [4.69, 9.17) is 0 Å². The molecule has 0 aromatic heterocycles. The minimum Gasteiger partial charge on any atom is -0.481 e. The molecule has 0 aliphatic carbocycles. The van der Waals surface area contributed by atoms with Gasteiger partial charge in [-0.2, -0.15) is 0 Å². The minimum absolute atomic E-state index is 0.303. The second kappa shape index (κ2) is 6.28. The van der Waals surface area contributed by atoms with Gasteiger partial charge in [0.15, 0.2) is 0 Å². The molecule has 3 nitrogen and oxygen atoms in total. The van der Waals surface area contributed by atoms with E-state index in [0.717, 1.165) is 5.56 Å². The maximum Gasteiger partial charge on any atom is 0.308 e. The molecule has 1 aliphatic rings. The summed E-state index contributed by atoms with van der Waals surface area (Å²) in [6.45, 7) is 1.70. The van der Waals surface area contributed by atoms with E-state index in [1.54, 1.807) is 18.2 Å². The zero-order chi connectivity index (χ0) is 15.5. The highest BCUT2D eigenvalue weighted by Gasteiger charge is 2.39. The Labute approximate surface area is 129 Å². The first kappa shape index (κ1) is 14.7. The topological polar surface area (TPSA) is 40.5 Å². The van der Waals surface area contributed by atoms with E-state index in [0.29, 0.717) is 25.2 Å². The molecule has 1 fully saturated rings. The SMILES string of the molecule is O=C(O)[C@H]1CN(Cc2ccccc2)C[C@H]1c1ccccc1F. The second-order valence-corrected chi connectivity index (χ2v) is 5.75. The molecule has 22 heavy (non-hydrogen) atoms. The fraction of sp³-hybridized carbons (Fsp3) is 0.278. The number of carboxylic acids is 1. The lowest BCUT2D eigenvalue weighted by molar-refractivity contribution is -0.141.